The minimum absolute atomic E-state index is 0.0156. The lowest BCUT2D eigenvalue weighted by atomic mass is 10.0. The second-order valence-corrected chi connectivity index (χ2v) is 25.9. The molecule has 75 heavy (non-hydrogen) atoms. The zero-order chi connectivity index (χ0) is 54.9. The number of quaternary nitrogens is 1. The molecule has 0 saturated heterocycles. The molecule has 0 saturated carbocycles. The van der Waals surface area contributed by atoms with Crippen molar-refractivity contribution in [3.63, 3.8) is 0 Å². The number of carbonyl (C=O) groups excluding carboxylic acids is 1. The van der Waals surface area contributed by atoms with Gasteiger partial charge in [0, 0.05) is 6.42 Å². The van der Waals surface area contributed by atoms with E-state index in [2.05, 4.69) is 31.3 Å². The molecule has 0 radical (unpaired) electrons. The van der Waals surface area contributed by atoms with Gasteiger partial charge in [0.15, 0.2) is 0 Å². The molecule has 0 aliphatic rings. The van der Waals surface area contributed by atoms with Gasteiger partial charge in [-0.2, -0.15) is 0 Å². The van der Waals surface area contributed by atoms with Crippen LogP contribution >= 0.6 is 7.82 Å². The molecule has 3 unspecified atom stereocenters. The van der Waals surface area contributed by atoms with Crippen LogP contribution in [0.5, 0.6) is 0 Å². The van der Waals surface area contributed by atoms with Crippen LogP contribution in [0, 0.1) is 0 Å². The van der Waals surface area contributed by atoms with Crippen LogP contribution in [0.25, 0.3) is 0 Å². The fraction of sp³-hybridized carbons (Fsp3) is 0.955. The number of phosphoric acid groups is 1. The van der Waals surface area contributed by atoms with Crippen LogP contribution in [-0.4, -0.2) is 68.5 Å². The molecule has 0 aromatic carbocycles. The number of phosphoric ester groups is 1. The highest BCUT2D eigenvalue weighted by atomic mass is 31.2. The van der Waals surface area contributed by atoms with Crippen molar-refractivity contribution in [1.82, 2.24) is 5.32 Å². The van der Waals surface area contributed by atoms with Crippen LogP contribution in [0.3, 0.4) is 0 Å². The zero-order valence-electron chi connectivity index (χ0n) is 51.3. The van der Waals surface area contributed by atoms with E-state index >= 15 is 0 Å². The van der Waals surface area contributed by atoms with Gasteiger partial charge < -0.3 is 28.8 Å². The van der Waals surface area contributed by atoms with E-state index in [1.165, 1.54) is 289 Å². The molecule has 0 aliphatic carbocycles. The predicted octanol–water partition coefficient (Wildman–Crippen LogP) is 20.3. The third-order valence-electron chi connectivity index (χ3n) is 15.8. The molecule has 3 atom stereocenters. The minimum atomic E-state index is -4.57. The van der Waals surface area contributed by atoms with Gasteiger partial charge in [-0.3, -0.25) is 9.36 Å². The van der Waals surface area contributed by atoms with E-state index in [9.17, 15) is 19.4 Å². The fourth-order valence-corrected chi connectivity index (χ4v) is 11.2. The van der Waals surface area contributed by atoms with Crippen molar-refractivity contribution in [1.29, 1.82) is 0 Å². The lowest BCUT2D eigenvalue weighted by Gasteiger charge is -2.30. The summed E-state index contributed by atoms with van der Waals surface area (Å²) in [6.07, 6.45) is 72.8. The van der Waals surface area contributed by atoms with Crippen molar-refractivity contribution < 1.29 is 32.9 Å². The van der Waals surface area contributed by atoms with E-state index in [0.29, 0.717) is 23.9 Å². The summed E-state index contributed by atoms with van der Waals surface area (Å²) in [5.41, 5.74) is 0. The fourth-order valence-electron chi connectivity index (χ4n) is 10.5. The smallest absolute Gasteiger partial charge is 0.268 e. The maximum atomic E-state index is 13.0. The Kier molecular flexibility index (Phi) is 57.3. The Labute approximate surface area is 469 Å². The van der Waals surface area contributed by atoms with E-state index in [4.69, 9.17) is 9.05 Å². The SMILES string of the molecule is CCCCCCCCCCCCCC/C=C\CCCCCCCCCCCCCCCCCCC(=O)NC(COP(=O)([O-])OCC[N+](C)(C)C)C(O)CCCCCCCCCCCCCCCCCCCCCCC. The van der Waals surface area contributed by atoms with Gasteiger partial charge in [0.1, 0.15) is 13.2 Å². The highest BCUT2D eigenvalue weighted by molar-refractivity contribution is 7.45. The third-order valence-corrected chi connectivity index (χ3v) is 16.7. The summed E-state index contributed by atoms with van der Waals surface area (Å²) in [7, 11) is 1.32. The van der Waals surface area contributed by atoms with Gasteiger partial charge in [-0.05, 0) is 38.5 Å². The lowest BCUT2D eigenvalue weighted by molar-refractivity contribution is -0.870. The first-order chi connectivity index (χ1) is 36.5. The van der Waals surface area contributed by atoms with Gasteiger partial charge in [0.2, 0.25) is 5.91 Å². The van der Waals surface area contributed by atoms with Crippen LogP contribution in [-0.2, 0) is 18.4 Å². The number of allylic oxidation sites excluding steroid dienone is 2. The molecule has 0 fully saturated rings. The van der Waals surface area contributed by atoms with Crippen LogP contribution in [0.4, 0.5) is 0 Å². The third kappa shape index (κ3) is 60.7. The standard InChI is InChI=1S/C66H133N2O6P/c1-6-8-10-12-14-16-18-20-22-24-26-28-29-30-31-32-33-34-35-36-37-38-40-42-44-46-48-50-52-54-56-58-60-66(70)67-64(63-74-75(71,72)73-62-61-68(3,4)5)65(69)59-57-55-53-51-49-47-45-43-41-39-27-25-23-21-19-17-15-13-11-9-7-2/h30-31,64-65,69H,6-29,32-63H2,1-5H3,(H-,67,70,71,72)/b31-30-. The topological polar surface area (TPSA) is 108 Å². The quantitative estimate of drug-likeness (QED) is 0.0272. The van der Waals surface area contributed by atoms with E-state index in [1.54, 1.807) is 0 Å². The Bertz CT molecular complexity index is 1230. The molecule has 2 N–H and O–H groups in total. The van der Waals surface area contributed by atoms with Gasteiger partial charge in [0.05, 0.1) is 39.9 Å². The molecule has 0 aliphatic heterocycles. The maximum Gasteiger partial charge on any atom is 0.268 e. The predicted molar refractivity (Wildman–Crippen MR) is 326 cm³/mol. The molecule has 0 bridgehead atoms. The number of nitrogens with zero attached hydrogens (tertiary/aromatic N) is 1. The first kappa shape index (κ1) is 74.2. The average Bonchev–Trinajstić information content (AvgIpc) is 3.37. The van der Waals surface area contributed by atoms with Gasteiger partial charge in [-0.15, -0.1) is 0 Å². The Balaban J connectivity index is 4.00. The second kappa shape index (κ2) is 57.9. The van der Waals surface area contributed by atoms with Crippen molar-refractivity contribution in [2.45, 2.75) is 366 Å². The summed E-state index contributed by atoms with van der Waals surface area (Å²) < 4.78 is 23.5. The minimum Gasteiger partial charge on any atom is -0.756 e. The molecule has 8 nitrogen and oxygen atoms in total. The van der Waals surface area contributed by atoms with E-state index in [-0.39, 0.29) is 19.1 Å². The molecule has 0 spiro atoms. The number of hydrogen-bond donors (Lipinski definition) is 2. The monoisotopic (exact) mass is 1080 g/mol. The number of likely N-dealkylation sites (N-methyl/N-ethyl adjacent to an activating group) is 1. The average molecular weight is 1080 g/mol. The van der Waals surface area contributed by atoms with Crippen LogP contribution in [0.15, 0.2) is 12.2 Å². The molecular formula is C66H133N2O6P. The summed E-state index contributed by atoms with van der Waals surface area (Å²) in [5.74, 6) is -0.156. The Hall–Kier alpha value is -0.760. The summed E-state index contributed by atoms with van der Waals surface area (Å²) in [6, 6.07) is -0.798. The number of nitrogens with one attached hydrogen (secondary N) is 1. The number of aliphatic hydroxyl groups is 1. The maximum absolute atomic E-state index is 13.0. The summed E-state index contributed by atoms with van der Waals surface area (Å²) in [6.45, 7) is 4.79. The highest BCUT2D eigenvalue weighted by Gasteiger charge is 2.24. The second-order valence-electron chi connectivity index (χ2n) is 24.5. The molecule has 0 heterocycles. The number of carbonyl (C=O) groups is 1. The Morgan fingerprint density at radius 1 is 0.453 bits per heavy atom. The number of rotatable bonds is 63. The van der Waals surface area contributed by atoms with E-state index in [0.717, 1.165) is 38.5 Å². The summed E-state index contributed by atoms with van der Waals surface area (Å²) >= 11 is 0. The molecular weight excluding hydrogens is 948 g/mol. The van der Waals surface area contributed by atoms with Gasteiger partial charge in [0.25, 0.3) is 7.82 Å². The molecule has 0 aromatic heterocycles. The number of aliphatic hydroxyl groups excluding tert-OH is 1. The van der Waals surface area contributed by atoms with Gasteiger partial charge >= 0.3 is 0 Å². The summed E-state index contributed by atoms with van der Waals surface area (Å²) in [5, 5.41) is 14.1. The molecule has 9 heteroatoms. The van der Waals surface area contributed by atoms with Crippen molar-refractivity contribution >= 4 is 13.7 Å². The van der Waals surface area contributed by atoms with E-state index in [1.807, 2.05) is 21.1 Å². The first-order valence-corrected chi connectivity index (χ1v) is 35.0. The molecule has 0 rings (SSSR count). The van der Waals surface area contributed by atoms with Crippen molar-refractivity contribution in [3.05, 3.63) is 12.2 Å². The van der Waals surface area contributed by atoms with Crippen LogP contribution in [0.2, 0.25) is 0 Å². The largest absolute Gasteiger partial charge is 0.756 e. The van der Waals surface area contributed by atoms with Crippen molar-refractivity contribution in [2.75, 3.05) is 40.9 Å². The number of amides is 1. The van der Waals surface area contributed by atoms with Crippen molar-refractivity contribution in [2.24, 2.45) is 0 Å². The Morgan fingerprint density at radius 3 is 1.04 bits per heavy atom. The van der Waals surface area contributed by atoms with Gasteiger partial charge in [-0.25, -0.2) is 0 Å². The molecule has 1 amide bonds. The van der Waals surface area contributed by atoms with Crippen molar-refractivity contribution in [3.8, 4) is 0 Å². The zero-order valence-corrected chi connectivity index (χ0v) is 52.2. The highest BCUT2D eigenvalue weighted by Crippen LogP contribution is 2.38. The number of unbranched alkanes of at least 4 members (excludes halogenated alkanes) is 48. The van der Waals surface area contributed by atoms with Gasteiger partial charge in [-0.1, -0.05) is 321 Å². The van der Waals surface area contributed by atoms with Crippen LogP contribution < -0.4 is 10.2 Å². The molecule has 0 aromatic rings. The van der Waals surface area contributed by atoms with E-state index < -0.39 is 20.0 Å². The Morgan fingerprint density at radius 2 is 0.733 bits per heavy atom. The molecule has 448 valence electrons. The number of hydrogen-bond acceptors (Lipinski definition) is 6. The first-order valence-electron chi connectivity index (χ1n) is 33.5. The lowest BCUT2D eigenvalue weighted by Crippen LogP contribution is -2.46. The normalized spacial score (nSPS) is 13.7. The summed E-state index contributed by atoms with van der Waals surface area (Å²) in [4.78, 5) is 25.6. The van der Waals surface area contributed by atoms with Crippen LogP contribution in [0.1, 0.15) is 354 Å².